The van der Waals surface area contributed by atoms with Crippen LogP contribution in [0.3, 0.4) is 0 Å². The van der Waals surface area contributed by atoms with E-state index in [0.29, 0.717) is 11.3 Å². The van der Waals surface area contributed by atoms with E-state index in [1.165, 1.54) is 18.3 Å². The second-order valence-electron chi connectivity index (χ2n) is 4.54. The predicted molar refractivity (Wildman–Crippen MR) is 86.5 cm³/mol. The van der Waals surface area contributed by atoms with Gasteiger partial charge in [0.15, 0.2) is 6.61 Å². The number of amides is 1. The number of aryl methyl sites for hydroxylation is 1. The average Bonchev–Trinajstić information content (AvgIpc) is 2.50. The van der Waals surface area contributed by atoms with Crippen LogP contribution in [0.4, 0.5) is 4.39 Å². The van der Waals surface area contributed by atoms with Gasteiger partial charge in [-0.05, 0) is 48.4 Å². The summed E-state index contributed by atoms with van der Waals surface area (Å²) in [5.41, 5.74) is 4.05. The molecule has 0 spiro atoms. The normalized spacial score (nSPS) is 10.7. The second kappa shape index (κ2) is 7.70. The molecule has 4 nitrogen and oxygen atoms in total. The molecule has 2 aromatic rings. The fourth-order valence-electron chi connectivity index (χ4n) is 1.62. The third-order valence-corrected chi connectivity index (χ3v) is 3.66. The maximum absolute atomic E-state index is 12.7. The average molecular weight is 365 g/mol. The van der Waals surface area contributed by atoms with Crippen LogP contribution in [0.2, 0.25) is 0 Å². The number of halogens is 2. The molecule has 2 rings (SSSR count). The number of carbonyl (C=O) groups is 1. The van der Waals surface area contributed by atoms with Crippen molar-refractivity contribution in [3.05, 3.63) is 63.9 Å². The summed E-state index contributed by atoms with van der Waals surface area (Å²) >= 11 is 3.39. The lowest BCUT2D eigenvalue weighted by atomic mass is 10.2. The molecule has 0 fully saturated rings. The molecule has 0 aliphatic carbocycles. The zero-order valence-corrected chi connectivity index (χ0v) is 13.4. The van der Waals surface area contributed by atoms with Gasteiger partial charge in [0.05, 0.1) is 6.21 Å². The fourth-order valence-corrected chi connectivity index (χ4v) is 1.86. The lowest BCUT2D eigenvalue weighted by Crippen LogP contribution is -2.24. The fraction of sp³-hybridized carbons (Fsp3) is 0.125. The third kappa shape index (κ3) is 4.96. The standard InChI is InChI=1S/C16H14BrFN2O2/c1-11-8-14(6-7-15(11)17)22-10-16(21)20-19-9-12-2-4-13(18)5-3-12/h2-9H,10H2,1H3,(H,20,21). The van der Waals surface area contributed by atoms with Crippen LogP contribution in [0.1, 0.15) is 11.1 Å². The Hall–Kier alpha value is -2.21. The highest BCUT2D eigenvalue weighted by molar-refractivity contribution is 9.10. The SMILES string of the molecule is Cc1cc(OCC(=O)NN=Cc2ccc(F)cc2)ccc1Br. The van der Waals surface area contributed by atoms with Crippen LogP contribution < -0.4 is 10.2 Å². The van der Waals surface area contributed by atoms with Gasteiger partial charge in [-0.3, -0.25) is 4.79 Å². The minimum absolute atomic E-state index is 0.137. The van der Waals surface area contributed by atoms with Crippen LogP contribution in [0.5, 0.6) is 5.75 Å². The molecule has 22 heavy (non-hydrogen) atoms. The van der Waals surface area contributed by atoms with Gasteiger partial charge in [0.25, 0.3) is 5.91 Å². The molecule has 0 unspecified atom stereocenters. The van der Waals surface area contributed by atoms with E-state index >= 15 is 0 Å². The van der Waals surface area contributed by atoms with Crippen LogP contribution in [-0.2, 0) is 4.79 Å². The molecule has 0 aromatic heterocycles. The van der Waals surface area contributed by atoms with E-state index in [2.05, 4.69) is 26.5 Å². The van der Waals surface area contributed by atoms with Gasteiger partial charge < -0.3 is 4.74 Å². The Morgan fingerprint density at radius 1 is 1.32 bits per heavy atom. The number of rotatable bonds is 5. The van der Waals surface area contributed by atoms with Crippen LogP contribution in [-0.4, -0.2) is 18.7 Å². The highest BCUT2D eigenvalue weighted by Gasteiger charge is 2.03. The number of ether oxygens (including phenoxy) is 1. The number of hydrogen-bond donors (Lipinski definition) is 1. The minimum atomic E-state index is -0.376. The van der Waals surface area contributed by atoms with Crippen molar-refractivity contribution >= 4 is 28.1 Å². The Labute approximate surface area is 136 Å². The zero-order chi connectivity index (χ0) is 15.9. The molecule has 1 N–H and O–H groups in total. The molecular weight excluding hydrogens is 351 g/mol. The van der Waals surface area contributed by atoms with Crippen molar-refractivity contribution in [3.8, 4) is 5.75 Å². The molecule has 0 bridgehead atoms. The van der Waals surface area contributed by atoms with Crippen molar-refractivity contribution in [2.45, 2.75) is 6.92 Å². The van der Waals surface area contributed by atoms with E-state index in [-0.39, 0.29) is 18.3 Å². The molecule has 0 aliphatic heterocycles. The number of hydrogen-bond acceptors (Lipinski definition) is 3. The number of nitrogens with zero attached hydrogens (tertiary/aromatic N) is 1. The monoisotopic (exact) mass is 364 g/mol. The summed E-state index contributed by atoms with van der Waals surface area (Å²) in [5.74, 6) is -0.0864. The molecule has 0 radical (unpaired) electrons. The third-order valence-electron chi connectivity index (χ3n) is 2.77. The van der Waals surface area contributed by atoms with Crippen LogP contribution in [0.25, 0.3) is 0 Å². The molecule has 0 aliphatic rings. The Kier molecular flexibility index (Phi) is 5.66. The smallest absolute Gasteiger partial charge is 0.277 e. The molecule has 0 atom stereocenters. The highest BCUT2D eigenvalue weighted by Crippen LogP contribution is 2.21. The van der Waals surface area contributed by atoms with E-state index < -0.39 is 0 Å². The Morgan fingerprint density at radius 3 is 2.73 bits per heavy atom. The molecule has 6 heteroatoms. The lowest BCUT2D eigenvalue weighted by molar-refractivity contribution is -0.123. The molecule has 114 valence electrons. The van der Waals surface area contributed by atoms with E-state index in [1.54, 1.807) is 18.2 Å². The molecule has 0 saturated carbocycles. The number of benzene rings is 2. The van der Waals surface area contributed by atoms with E-state index in [4.69, 9.17) is 4.74 Å². The van der Waals surface area contributed by atoms with Gasteiger partial charge >= 0.3 is 0 Å². The first-order chi connectivity index (χ1) is 10.5. The molecular formula is C16H14BrFN2O2. The number of hydrazone groups is 1. The van der Waals surface area contributed by atoms with Crippen LogP contribution >= 0.6 is 15.9 Å². The van der Waals surface area contributed by atoms with Gasteiger partial charge in [-0.2, -0.15) is 5.10 Å². The summed E-state index contributed by atoms with van der Waals surface area (Å²) in [4.78, 5) is 11.6. The quantitative estimate of drug-likeness (QED) is 0.652. The van der Waals surface area contributed by atoms with E-state index in [0.717, 1.165) is 10.0 Å². The summed E-state index contributed by atoms with van der Waals surface area (Å²) in [6, 6.07) is 11.2. The Balaban J connectivity index is 1.80. The largest absolute Gasteiger partial charge is 0.484 e. The van der Waals surface area contributed by atoms with Crippen molar-refractivity contribution in [3.63, 3.8) is 0 Å². The number of carbonyl (C=O) groups excluding carboxylic acids is 1. The summed E-state index contributed by atoms with van der Waals surface area (Å²) in [7, 11) is 0. The zero-order valence-electron chi connectivity index (χ0n) is 11.8. The minimum Gasteiger partial charge on any atom is -0.484 e. The first kappa shape index (κ1) is 16.2. The molecule has 2 aromatic carbocycles. The van der Waals surface area contributed by atoms with Crippen molar-refractivity contribution in [2.24, 2.45) is 5.10 Å². The number of nitrogens with one attached hydrogen (secondary N) is 1. The Morgan fingerprint density at radius 2 is 2.05 bits per heavy atom. The van der Waals surface area contributed by atoms with Crippen molar-refractivity contribution in [1.29, 1.82) is 0 Å². The van der Waals surface area contributed by atoms with Crippen molar-refractivity contribution < 1.29 is 13.9 Å². The van der Waals surface area contributed by atoms with E-state index in [9.17, 15) is 9.18 Å². The maximum Gasteiger partial charge on any atom is 0.277 e. The maximum atomic E-state index is 12.7. The van der Waals surface area contributed by atoms with Gasteiger partial charge in [0, 0.05) is 4.47 Å². The first-order valence-electron chi connectivity index (χ1n) is 6.51. The predicted octanol–water partition coefficient (Wildman–Crippen LogP) is 3.43. The highest BCUT2D eigenvalue weighted by atomic mass is 79.9. The summed E-state index contributed by atoms with van der Waals surface area (Å²) in [5, 5.41) is 3.78. The molecule has 0 heterocycles. The van der Waals surface area contributed by atoms with Crippen LogP contribution in [0, 0.1) is 12.7 Å². The van der Waals surface area contributed by atoms with Crippen LogP contribution in [0.15, 0.2) is 52.0 Å². The molecule has 0 saturated heterocycles. The lowest BCUT2D eigenvalue weighted by Gasteiger charge is -2.06. The van der Waals surface area contributed by atoms with Gasteiger partial charge in [-0.1, -0.05) is 28.1 Å². The van der Waals surface area contributed by atoms with Gasteiger partial charge in [0.2, 0.25) is 0 Å². The Bertz CT molecular complexity index is 687. The first-order valence-corrected chi connectivity index (χ1v) is 7.30. The van der Waals surface area contributed by atoms with Gasteiger partial charge in [-0.25, -0.2) is 9.82 Å². The second-order valence-corrected chi connectivity index (χ2v) is 5.40. The summed E-state index contributed by atoms with van der Waals surface area (Å²) < 4.78 is 19.1. The van der Waals surface area contributed by atoms with Gasteiger partial charge in [0.1, 0.15) is 11.6 Å². The topological polar surface area (TPSA) is 50.7 Å². The molecule has 1 amide bonds. The van der Waals surface area contributed by atoms with E-state index in [1.807, 2.05) is 19.1 Å². The summed E-state index contributed by atoms with van der Waals surface area (Å²) in [6.45, 7) is 1.80. The summed E-state index contributed by atoms with van der Waals surface area (Å²) in [6.07, 6.45) is 1.43. The van der Waals surface area contributed by atoms with Crippen molar-refractivity contribution in [2.75, 3.05) is 6.61 Å². The van der Waals surface area contributed by atoms with Crippen molar-refractivity contribution in [1.82, 2.24) is 5.43 Å². The van der Waals surface area contributed by atoms with Gasteiger partial charge in [-0.15, -0.1) is 0 Å².